The number of sulfonamides is 2. The summed E-state index contributed by atoms with van der Waals surface area (Å²) in [6.07, 6.45) is 6.36. The fourth-order valence-electron chi connectivity index (χ4n) is 3.80. The van der Waals surface area contributed by atoms with Crippen molar-refractivity contribution >= 4 is 20.0 Å². The highest BCUT2D eigenvalue weighted by atomic mass is 32.2. The lowest BCUT2D eigenvalue weighted by molar-refractivity contribution is -0.904. The predicted molar refractivity (Wildman–Crippen MR) is 104 cm³/mol. The van der Waals surface area contributed by atoms with Crippen LogP contribution in [0.15, 0.2) is 34.1 Å². The first-order valence-electron chi connectivity index (χ1n) is 9.83. The molecule has 9 heteroatoms. The van der Waals surface area contributed by atoms with Gasteiger partial charge in [-0.05, 0) is 56.4 Å². The van der Waals surface area contributed by atoms with Gasteiger partial charge in [-0.2, -0.15) is 4.31 Å². The molecule has 0 radical (unpaired) electrons. The van der Waals surface area contributed by atoms with E-state index in [0.717, 1.165) is 25.8 Å². The summed E-state index contributed by atoms with van der Waals surface area (Å²) in [5, 5.41) is 0. The van der Waals surface area contributed by atoms with E-state index < -0.39 is 20.0 Å². The van der Waals surface area contributed by atoms with Crippen molar-refractivity contribution in [2.45, 2.75) is 48.3 Å². The van der Waals surface area contributed by atoms with E-state index in [9.17, 15) is 16.8 Å². The van der Waals surface area contributed by atoms with Gasteiger partial charge in [0.05, 0.1) is 29.4 Å². The van der Waals surface area contributed by atoms with Gasteiger partial charge in [0.1, 0.15) is 0 Å². The van der Waals surface area contributed by atoms with E-state index >= 15 is 0 Å². The molecule has 152 valence electrons. The summed E-state index contributed by atoms with van der Waals surface area (Å²) in [6, 6.07) is 5.53. The summed E-state index contributed by atoms with van der Waals surface area (Å²) in [7, 11) is -7.13. The molecule has 0 unspecified atom stereocenters. The van der Waals surface area contributed by atoms with Gasteiger partial charge >= 0.3 is 0 Å². The van der Waals surface area contributed by atoms with Crippen molar-refractivity contribution in [2.24, 2.45) is 0 Å². The van der Waals surface area contributed by atoms with Crippen molar-refractivity contribution < 1.29 is 21.7 Å². The highest BCUT2D eigenvalue weighted by molar-refractivity contribution is 7.89. The molecule has 2 N–H and O–H groups in total. The van der Waals surface area contributed by atoms with Gasteiger partial charge in [0.15, 0.2) is 0 Å². The van der Waals surface area contributed by atoms with E-state index in [0.29, 0.717) is 19.6 Å². The molecule has 2 saturated heterocycles. The van der Waals surface area contributed by atoms with Gasteiger partial charge in [0.2, 0.25) is 20.0 Å². The molecule has 0 amide bonds. The lowest BCUT2D eigenvalue weighted by Crippen LogP contribution is -3.12. The summed E-state index contributed by atoms with van der Waals surface area (Å²) in [5.41, 5.74) is 0. The minimum absolute atomic E-state index is 0.105. The summed E-state index contributed by atoms with van der Waals surface area (Å²) in [5.74, 6) is 0. The largest absolute Gasteiger partial charge is 0.335 e. The van der Waals surface area contributed by atoms with Crippen LogP contribution < -0.4 is 9.62 Å². The lowest BCUT2D eigenvalue weighted by atomic mass is 10.1. The van der Waals surface area contributed by atoms with E-state index in [-0.39, 0.29) is 9.79 Å². The molecule has 2 aliphatic heterocycles. The average Bonchev–Trinajstić information content (AvgIpc) is 3.22. The number of hydrogen-bond acceptors (Lipinski definition) is 4. The number of nitrogens with one attached hydrogen (secondary N) is 2. The zero-order valence-electron chi connectivity index (χ0n) is 15.7. The number of quaternary nitrogens is 1. The second-order valence-corrected chi connectivity index (χ2v) is 11.1. The number of hydrogen-bond donors (Lipinski definition) is 2. The fourth-order valence-corrected chi connectivity index (χ4v) is 6.39. The first-order chi connectivity index (χ1) is 12.9. The molecule has 2 aliphatic rings. The Bertz CT molecular complexity index is 811. The minimum Gasteiger partial charge on any atom is -0.335 e. The van der Waals surface area contributed by atoms with E-state index in [4.69, 9.17) is 0 Å². The predicted octanol–water partition coefficient (Wildman–Crippen LogP) is 0.208. The molecule has 0 aromatic heterocycles. The van der Waals surface area contributed by atoms with Gasteiger partial charge in [-0.25, -0.2) is 21.6 Å². The maximum atomic E-state index is 12.5. The van der Waals surface area contributed by atoms with Gasteiger partial charge in [0, 0.05) is 26.1 Å². The second-order valence-electron chi connectivity index (χ2n) is 7.39. The molecule has 1 aromatic carbocycles. The van der Waals surface area contributed by atoms with Crippen molar-refractivity contribution in [3.05, 3.63) is 24.3 Å². The Morgan fingerprint density at radius 1 is 0.852 bits per heavy atom. The van der Waals surface area contributed by atoms with Crippen molar-refractivity contribution in [3.8, 4) is 0 Å². The summed E-state index contributed by atoms with van der Waals surface area (Å²) >= 11 is 0. The lowest BCUT2D eigenvalue weighted by Gasteiger charge is -2.23. The smallest absolute Gasteiger partial charge is 0.243 e. The molecule has 0 saturated carbocycles. The Morgan fingerprint density at radius 2 is 1.44 bits per heavy atom. The topological polar surface area (TPSA) is 88.0 Å². The van der Waals surface area contributed by atoms with Gasteiger partial charge in [-0.3, -0.25) is 0 Å². The van der Waals surface area contributed by atoms with E-state index in [1.54, 1.807) is 4.90 Å². The third-order valence-electron chi connectivity index (χ3n) is 5.40. The molecule has 0 bridgehead atoms. The zero-order valence-corrected chi connectivity index (χ0v) is 17.3. The average molecular weight is 417 g/mol. The molecule has 2 fully saturated rings. The third kappa shape index (κ3) is 5.29. The fraction of sp³-hybridized carbons (Fsp3) is 0.667. The van der Waals surface area contributed by atoms with Crippen LogP contribution in [0.25, 0.3) is 0 Å². The highest BCUT2D eigenvalue weighted by Crippen LogP contribution is 2.22. The van der Waals surface area contributed by atoms with Crippen molar-refractivity contribution in [2.75, 3.05) is 39.3 Å². The van der Waals surface area contributed by atoms with Crippen LogP contribution in [0.3, 0.4) is 0 Å². The van der Waals surface area contributed by atoms with Crippen molar-refractivity contribution in [3.63, 3.8) is 0 Å². The van der Waals surface area contributed by atoms with E-state index in [2.05, 4.69) is 4.72 Å². The third-order valence-corrected chi connectivity index (χ3v) is 8.79. The molecule has 0 spiro atoms. The Morgan fingerprint density at radius 3 is 2.07 bits per heavy atom. The van der Waals surface area contributed by atoms with Crippen LogP contribution in [-0.4, -0.2) is 60.4 Å². The number of piperidine rings is 1. The van der Waals surface area contributed by atoms with Crippen LogP contribution in [0.1, 0.15) is 38.5 Å². The van der Waals surface area contributed by atoms with Crippen LogP contribution in [0.5, 0.6) is 0 Å². The Kier molecular flexibility index (Phi) is 6.91. The number of benzene rings is 1. The number of nitrogens with zero attached hydrogens (tertiary/aromatic N) is 1. The molecule has 27 heavy (non-hydrogen) atoms. The van der Waals surface area contributed by atoms with Gasteiger partial charge in [-0.1, -0.05) is 0 Å². The van der Waals surface area contributed by atoms with Crippen LogP contribution in [0.2, 0.25) is 0 Å². The van der Waals surface area contributed by atoms with E-state index in [1.165, 1.54) is 60.9 Å². The maximum Gasteiger partial charge on any atom is 0.243 e. The van der Waals surface area contributed by atoms with Crippen molar-refractivity contribution in [1.82, 2.24) is 9.03 Å². The van der Waals surface area contributed by atoms with Crippen molar-refractivity contribution in [1.29, 1.82) is 0 Å². The van der Waals surface area contributed by atoms with Gasteiger partial charge < -0.3 is 4.90 Å². The first kappa shape index (κ1) is 20.7. The monoisotopic (exact) mass is 416 g/mol. The van der Waals surface area contributed by atoms with E-state index in [1.807, 2.05) is 0 Å². The zero-order chi connectivity index (χ0) is 19.3. The standard InChI is InChI=1S/C18H29N3O4S2/c22-26(23,19-11-6-14-20-12-2-1-3-13-20)17-7-9-18(10-8-17)27(24,25)21-15-4-5-16-21/h7-10,19H,1-6,11-16H2/p+1. The second kappa shape index (κ2) is 9.00. The molecule has 1 aromatic rings. The quantitative estimate of drug-likeness (QED) is 0.593. The molecule has 7 nitrogen and oxygen atoms in total. The Labute approximate surface area is 162 Å². The Hall–Kier alpha value is -1.00. The molecule has 0 aliphatic carbocycles. The molecular weight excluding hydrogens is 386 g/mol. The number of likely N-dealkylation sites (tertiary alicyclic amines) is 1. The van der Waals surface area contributed by atoms with Crippen LogP contribution in [-0.2, 0) is 20.0 Å². The number of rotatable bonds is 8. The molecule has 2 heterocycles. The Balaban J connectivity index is 1.55. The van der Waals surface area contributed by atoms with Crippen LogP contribution in [0.4, 0.5) is 0 Å². The summed E-state index contributed by atoms with van der Waals surface area (Å²) in [4.78, 5) is 1.81. The highest BCUT2D eigenvalue weighted by Gasteiger charge is 2.27. The summed E-state index contributed by atoms with van der Waals surface area (Å²) < 4.78 is 54.0. The van der Waals surface area contributed by atoms with Gasteiger partial charge in [-0.15, -0.1) is 0 Å². The summed E-state index contributed by atoms with van der Waals surface area (Å²) in [6.45, 7) is 4.81. The SMILES string of the molecule is O=S(=O)(NCCC[NH+]1CCCCC1)c1ccc(S(=O)(=O)N2CCCC2)cc1. The van der Waals surface area contributed by atoms with Gasteiger partial charge in [0.25, 0.3) is 0 Å². The first-order valence-corrected chi connectivity index (χ1v) is 12.8. The minimum atomic E-state index is -3.61. The molecule has 3 rings (SSSR count). The van der Waals surface area contributed by atoms with Crippen LogP contribution in [0, 0.1) is 0 Å². The molecule has 0 atom stereocenters. The molecular formula is C18H30N3O4S2+. The normalized spacial score (nSPS) is 20.1. The maximum absolute atomic E-state index is 12.5. The van der Waals surface area contributed by atoms with Crippen LogP contribution >= 0.6 is 0 Å².